The molecule has 2 heterocycles. The second kappa shape index (κ2) is 10.4. The van der Waals surface area contributed by atoms with Crippen molar-refractivity contribution in [2.24, 2.45) is 0 Å². The van der Waals surface area contributed by atoms with Crippen LogP contribution in [-0.4, -0.2) is 63.9 Å². The third kappa shape index (κ3) is 5.56. The van der Waals surface area contributed by atoms with E-state index in [0.717, 1.165) is 55.4 Å². The van der Waals surface area contributed by atoms with Gasteiger partial charge in [-0.15, -0.1) is 0 Å². The van der Waals surface area contributed by atoms with Crippen LogP contribution in [0.5, 0.6) is 5.75 Å². The molecule has 0 amide bonds. The summed E-state index contributed by atoms with van der Waals surface area (Å²) in [6.45, 7) is 14.8. The van der Waals surface area contributed by atoms with E-state index < -0.39 is 0 Å². The Hall–Kier alpha value is -2.15. The fourth-order valence-electron chi connectivity index (χ4n) is 5.00. The molecule has 0 saturated carbocycles. The predicted octanol–water partition coefficient (Wildman–Crippen LogP) is 0.796. The molecule has 0 radical (unpaired) electrons. The zero-order valence-electron chi connectivity index (χ0n) is 20.0. The molecule has 1 aromatic carbocycles. The number of carbonyl (C=O) groups excluding carboxylic acids is 1. The minimum absolute atomic E-state index is 0.227. The van der Waals surface area contributed by atoms with E-state index in [1.165, 1.54) is 16.0 Å². The minimum atomic E-state index is 0.227. The van der Waals surface area contributed by atoms with Crippen molar-refractivity contribution in [1.82, 2.24) is 4.57 Å². The number of nitrogens with zero attached hydrogens (tertiary/aromatic N) is 1. The lowest BCUT2D eigenvalue weighted by atomic mass is 10.1. The number of aryl methyl sites for hydroxylation is 2. The summed E-state index contributed by atoms with van der Waals surface area (Å²) in [7, 11) is 3.46. The van der Waals surface area contributed by atoms with Gasteiger partial charge in [0.05, 0.1) is 19.8 Å². The molecule has 2 aromatic rings. The molecular formula is C25H39N3O3+2. The van der Waals surface area contributed by atoms with Crippen LogP contribution < -0.4 is 14.5 Å². The van der Waals surface area contributed by atoms with E-state index in [1.807, 2.05) is 0 Å². The van der Waals surface area contributed by atoms with Gasteiger partial charge in [0.25, 0.3) is 0 Å². The molecule has 1 aliphatic heterocycles. The van der Waals surface area contributed by atoms with Gasteiger partial charge in [0, 0.05) is 29.6 Å². The van der Waals surface area contributed by atoms with Crippen LogP contribution in [0.3, 0.4) is 0 Å². The molecule has 1 aromatic heterocycles. The Morgan fingerprint density at radius 2 is 1.74 bits per heavy atom. The summed E-state index contributed by atoms with van der Waals surface area (Å²) < 4.78 is 13.1. The Morgan fingerprint density at radius 1 is 1.06 bits per heavy atom. The van der Waals surface area contributed by atoms with E-state index in [1.54, 1.807) is 19.1 Å². The van der Waals surface area contributed by atoms with Gasteiger partial charge in [-0.2, -0.15) is 0 Å². The zero-order valence-corrected chi connectivity index (χ0v) is 20.0. The number of aromatic nitrogens is 1. The Labute approximate surface area is 186 Å². The Balaban J connectivity index is 1.57. The highest BCUT2D eigenvalue weighted by molar-refractivity contribution is 5.98. The molecule has 170 valence electrons. The van der Waals surface area contributed by atoms with Gasteiger partial charge < -0.3 is 23.8 Å². The first-order chi connectivity index (χ1) is 14.8. The highest BCUT2D eigenvalue weighted by Gasteiger charge is 2.28. The Kier molecular flexibility index (Phi) is 7.92. The van der Waals surface area contributed by atoms with Crippen LogP contribution in [0.2, 0.25) is 0 Å². The molecule has 1 atom stereocenters. The van der Waals surface area contributed by atoms with Crippen molar-refractivity contribution in [3.05, 3.63) is 52.3 Å². The van der Waals surface area contributed by atoms with Crippen molar-refractivity contribution >= 4 is 5.78 Å². The second-order valence-corrected chi connectivity index (χ2v) is 9.05. The SMILES string of the molecule is COC[C@@H](C)n1c(C)cc(C(=O)C[NH+]2CC[NH+](Cc3cc(C)ccc3OC)CC2)c1C. The summed E-state index contributed by atoms with van der Waals surface area (Å²) in [4.78, 5) is 16.0. The van der Waals surface area contributed by atoms with Crippen molar-refractivity contribution in [2.45, 2.75) is 40.3 Å². The molecule has 3 rings (SSSR count). The van der Waals surface area contributed by atoms with E-state index in [9.17, 15) is 4.79 Å². The summed E-state index contributed by atoms with van der Waals surface area (Å²) in [5.41, 5.74) is 5.59. The number of ketones is 1. The molecule has 0 aliphatic carbocycles. The number of ether oxygens (including phenoxy) is 2. The number of nitrogens with one attached hydrogen (secondary N) is 2. The summed E-state index contributed by atoms with van der Waals surface area (Å²) in [5, 5.41) is 0. The maximum atomic E-state index is 13.1. The molecule has 1 saturated heterocycles. The van der Waals surface area contributed by atoms with E-state index >= 15 is 0 Å². The summed E-state index contributed by atoms with van der Waals surface area (Å²) in [5.74, 6) is 1.23. The number of Topliss-reactive ketones (excluding diaryl/α,β-unsaturated/α-hetero) is 1. The van der Waals surface area contributed by atoms with Crippen LogP contribution in [0.1, 0.15) is 45.8 Å². The number of piperazine rings is 1. The van der Waals surface area contributed by atoms with Gasteiger partial charge in [-0.25, -0.2) is 0 Å². The first-order valence-corrected chi connectivity index (χ1v) is 11.3. The minimum Gasteiger partial charge on any atom is -0.496 e. The zero-order chi connectivity index (χ0) is 22.5. The molecule has 0 spiro atoms. The third-order valence-electron chi connectivity index (χ3n) is 6.58. The fraction of sp³-hybridized carbons (Fsp3) is 0.560. The molecule has 1 aliphatic rings. The van der Waals surface area contributed by atoms with Crippen molar-refractivity contribution in [3.8, 4) is 5.75 Å². The van der Waals surface area contributed by atoms with E-state index in [4.69, 9.17) is 9.47 Å². The molecule has 1 fully saturated rings. The molecule has 0 unspecified atom stereocenters. The summed E-state index contributed by atoms with van der Waals surface area (Å²) in [6, 6.07) is 8.67. The predicted molar refractivity (Wildman–Crippen MR) is 123 cm³/mol. The quantitative estimate of drug-likeness (QED) is 0.580. The topological polar surface area (TPSA) is 49.3 Å². The van der Waals surface area contributed by atoms with Crippen LogP contribution in [0.15, 0.2) is 24.3 Å². The van der Waals surface area contributed by atoms with Crippen LogP contribution >= 0.6 is 0 Å². The average molecular weight is 430 g/mol. The number of hydrogen-bond acceptors (Lipinski definition) is 3. The standard InChI is InChI=1S/C25H37N3O3/c1-18-7-8-25(31-6)22(13-18)15-26-9-11-27(12-10-26)16-24(29)23-14-19(2)28(21(23)4)20(3)17-30-5/h7-8,13-14,20H,9-12,15-17H2,1-6H3/p+2/t20-/m1/s1. The van der Waals surface area contributed by atoms with Gasteiger partial charge in [0.2, 0.25) is 5.78 Å². The smallest absolute Gasteiger partial charge is 0.218 e. The van der Waals surface area contributed by atoms with Gasteiger partial charge in [-0.3, -0.25) is 4.79 Å². The number of rotatable bonds is 9. The average Bonchev–Trinajstić information content (AvgIpc) is 3.04. The Morgan fingerprint density at radius 3 is 2.39 bits per heavy atom. The normalized spacial score (nSPS) is 19.9. The molecule has 2 N–H and O–H groups in total. The highest BCUT2D eigenvalue weighted by atomic mass is 16.5. The van der Waals surface area contributed by atoms with Crippen molar-refractivity contribution in [3.63, 3.8) is 0 Å². The lowest BCUT2D eigenvalue weighted by Gasteiger charge is -2.29. The molecular weight excluding hydrogens is 390 g/mol. The van der Waals surface area contributed by atoms with E-state index in [-0.39, 0.29) is 11.8 Å². The van der Waals surface area contributed by atoms with E-state index in [0.29, 0.717) is 13.2 Å². The van der Waals surface area contributed by atoms with Crippen molar-refractivity contribution in [2.75, 3.05) is 53.6 Å². The van der Waals surface area contributed by atoms with E-state index in [2.05, 4.69) is 56.5 Å². The van der Waals surface area contributed by atoms with Gasteiger partial charge in [0.1, 0.15) is 45.0 Å². The lowest BCUT2D eigenvalue weighted by molar-refractivity contribution is -1.01. The maximum absolute atomic E-state index is 13.1. The largest absolute Gasteiger partial charge is 0.496 e. The number of hydrogen-bond donors (Lipinski definition) is 2. The number of benzene rings is 1. The first kappa shape index (κ1) is 23.5. The number of methoxy groups -OCH3 is 2. The van der Waals surface area contributed by atoms with Crippen molar-refractivity contribution < 1.29 is 24.1 Å². The highest BCUT2D eigenvalue weighted by Crippen LogP contribution is 2.21. The van der Waals surface area contributed by atoms with Crippen molar-refractivity contribution in [1.29, 1.82) is 0 Å². The first-order valence-electron chi connectivity index (χ1n) is 11.3. The third-order valence-corrected chi connectivity index (χ3v) is 6.58. The molecule has 6 nitrogen and oxygen atoms in total. The summed E-state index contributed by atoms with van der Waals surface area (Å²) in [6.07, 6.45) is 0. The fourth-order valence-corrected chi connectivity index (χ4v) is 5.00. The second-order valence-electron chi connectivity index (χ2n) is 9.05. The molecule has 31 heavy (non-hydrogen) atoms. The molecule has 0 bridgehead atoms. The van der Waals surface area contributed by atoms with Crippen LogP contribution in [-0.2, 0) is 11.3 Å². The van der Waals surface area contributed by atoms with Gasteiger partial charge in [-0.1, -0.05) is 11.6 Å². The van der Waals surface area contributed by atoms with Crippen LogP contribution in [0, 0.1) is 20.8 Å². The van der Waals surface area contributed by atoms with Crippen LogP contribution in [0.25, 0.3) is 0 Å². The maximum Gasteiger partial charge on any atom is 0.218 e. The van der Waals surface area contributed by atoms with Gasteiger partial charge >= 0.3 is 0 Å². The number of quaternary nitrogens is 2. The summed E-state index contributed by atoms with van der Waals surface area (Å²) >= 11 is 0. The number of carbonyl (C=O) groups is 1. The lowest BCUT2D eigenvalue weighted by Crippen LogP contribution is -3.27. The van der Waals surface area contributed by atoms with Gasteiger partial charge in [-0.05, 0) is 45.9 Å². The Bertz CT molecular complexity index is 898. The molecule has 6 heteroatoms. The van der Waals surface area contributed by atoms with Crippen LogP contribution in [0.4, 0.5) is 0 Å². The monoisotopic (exact) mass is 429 g/mol. The van der Waals surface area contributed by atoms with Gasteiger partial charge in [0.15, 0.2) is 0 Å².